The minimum atomic E-state index is -4.59. The van der Waals surface area contributed by atoms with E-state index >= 15 is 0 Å². The van der Waals surface area contributed by atoms with Gasteiger partial charge in [0.25, 0.3) is 0 Å². The second-order valence-corrected chi connectivity index (χ2v) is 3.78. The second-order valence-electron chi connectivity index (χ2n) is 3.78. The smallest absolute Gasteiger partial charge is 0.438 e. The predicted molar refractivity (Wildman–Crippen MR) is 57.6 cm³/mol. The highest BCUT2D eigenvalue weighted by Crippen LogP contribution is 2.33. The maximum atomic E-state index is 12.4. The van der Waals surface area contributed by atoms with Gasteiger partial charge in [0.15, 0.2) is 0 Å². The standard InChI is InChI=1S/C12H10F3NO2/c1-7-10(16-11(18-7)12(13,14)15)9-4-2-8(6-17)3-5-9/h2-5,17H,6H2,1H3. The molecule has 0 unspecified atom stereocenters. The summed E-state index contributed by atoms with van der Waals surface area (Å²) in [4.78, 5) is 3.45. The molecule has 1 N–H and O–H groups in total. The summed E-state index contributed by atoms with van der Waals surface area (Å²) in [6, 6.07) is 6.43. The summed E-state index contributed by atoms with van der Waals surface area (Å²) in [6.45, 7) is 1.31. The van der Waals surface area contributed by atoms with Crippen LogP contribution in [0.1, 0.15) is 17.2 Å². The van der Waals surface area contributed by atoms with Gasteiger partial charge in [0, 0.05) is 5.56 Å². The van der Waals surface area contributed by atoms with E-state index in [1.54, 1.807) is 24.3 Å². The minimum absolute atomic E-state index is 0.110. The maximum Gasteiger partial charge on any atom is 0.468 e. The lowest BCUT2D eigenvalue weighted by Gasteiger charge is -1.99. The quantitative estimate of drug-likeness (QED) is 0.898. The Kier molecular flexibility index (Phi) is 3.13. The van der Waals surface area contributed by atoms with Crippen LogP contribution < -0.4 is 0 Å². The molecule has 6 heteroatoms. The van der Waals surface area contributed by atoms with Gasteiger partial charge in [0.05, 0.1) is 6.61 Å². The van der Waals surface area contributed by atoms with Crippen molar-refractivity contribution in [2.75, 3.05) is 0 Å². The van der Waals surface area contributed by atoms with Gasteiger partial charge in [-0.25, -0.2) is 4.98 Å². The maximum absolute atomic E-state index is 12.4. The van der Waals surface area contributed by atoms with Gasteiger partial charge in [-0.3, -0.25) is 0 Å². The number of nitrogens with zero attached hydrogens (tertiary/aromatic N) is 1. The Morgan fingerprint density at radius 2 is 1.83 bits per heavy atom. The van der Waals surface area contributed by atoms with Crippen molar-refractivity contribution in [2.24, 2.45) is 0 Å². The van der Waals surface area contributed by atoms with Crippen LogP contribution in [0, 0.1) is 6.92 Å². The van der Waals surface area contributed by atoms with E-state index in [0.717, 1.165) is 0 Å². The van der Waals surface area contributed by atoms with Crippen LogP contribution in [-0.2, 0) is 12.8 Å². The number of aromatic nitrogens is 1. The Labute approximate surface area is 101 Å². The molecule has 0 spiro atoms. The van der Waals surface area contributed by atoms with Gasteiger partial charge in [-0.15, -0.1) is 0 Å². The molecule has 3 nitrogen and oxygen atoms in total. The molecule has 0 amide bonds. The van der Waals surface area contributed by atoms with E-state index in [9.17, 15) is 13.2 Å². The van der Waals surface area contributed by atoms with Gasteiger partial charge in [-0.05, 0) is 12.5 Å². The molecule has 0 radical (unpaired) electrons. The normalized spacial score (nSPS) is 11.8. The zero-order valence-corrected chi connectivity index (χ0v) is 9.45. The molecule has 2 rings (SSSR count). The number of aliphatic hydroxyl groups is 1. The average molecular weight is 257 g/mol. The lowest BCUT2D eigenvalue weighted by atomic mass is 10.1. The first-order chi connectivity index (χ1) is 8.41. The van der Waals surface area contributed by atoms with Crippen LogP contribution in [0.3, 0.4) is 0 Å². The molecule has 1 aromatic heterocycles. The molecular formula is C12H10F3NO2. The molecule has 2 aromatic rings. The molecule has 0 aliphatic rings. The highest BCUT2D eigenvalue weighted by molar-refractivity contribution is 5.61. The van der Waals surface area contributed by atoms with E-state index in [1.807, 2.05) is 0 Å². The highest BCUT2D eigenvalue weighted by Gasteiger charge is 2.38. The van der Waals surface area contributed by atoms with Crippen LogP contribution in [0.25, 0.3) is 11.3 Å². The Bertz CT molecular complexity index is 543. The first kappa shape index (κ1) is 12.6. The van der Waals surface area contributed by atoms with Gasteiger partial charge < -0.3 is 9.52 Å². The molecule has 0 aliphatic heterocycles. The molecule has 0 saturated heterocycles. The third-order valence-electron chi connectivity index (χ3n) is 2.45. The van der Waals surface area contributed by atoms with Gasteiger partial charge in [-0.1, -0.05) is 24.3 Å². The lowest BCUT2D eigenvalue weighted by Crippen LogP contribution is -2.04. The molecule has 96 valence electrons. The Morgan fingerprint density at radius 3 is 2.28 bits per heavy atom. The number of hydrogen-bond donors (Lipinski definition) is 1. The van der Waals surface area contributed by atoms with Gasteiger partial charge in [-0.2, -0.15) is 13.2 Å². The zero-order valence-electron chi connectivity index (χ0n) is 9.45. The van der Waals surface area contributed by atoms with Crippen LogP contribution in [0.4, 0.5) is 13.2 Å². The predicted octanol–water partition coefficient (Wildman–Crippen LogP) is 3.16. The molecule has 0 fully saturated rings. The Balaban J connectivity index is 2.41. The van der Waals surface area contributed by atoms with E-state index < -0.39 is 12.1 Å². The van der Waals surface area contributed by atoms with Crippen molar-refractivity contribution in [1.82, 2.24) is 4.98 Å². The van der Waals surface area contributed by atoms with E-state index in [2.05, 4.69) is 9.40 Å². The van der Waals surface area contributed by atoms with Crippen molar-refractivity contribution in [2.45, 2.75) is 19.7 Å². The molecule has 1 heterocycles. The van der Waals surface area contributed by atoms with Crippen molar-refractivity contribution >= 4 is 0 Å². The Morgan fingerprint density at radius 1 is 1.22 bits per heavy atom. The summed E-state index contributed by atoms with van der Waals surface area (Å²) in [7, 11) is 0. The zero-order chi connectivity index (χ0) is 13.3. The third kappa shape index (κ3) is 2.38. The van der Waals surface area contributed by atoms with Crippen LogP contribution >= 0.6 is 0 Å². The first-order valence-corrected chi connectivity index (χ1v) is 5.16. The second kappa shape index (κ2) is 4.45. The number of halogens is 3. The van der Waals surface area contributed by atoms with Gasteiger partial charge in [0.1, 0.15) is 11.5 Å². The fourth-order valence-electron chi connectivity index (χ4n) is 1.55. The number of hydrogen-bond acceptors (Lipinski definition) is 3. The fraction of sp³-hybridized carbons (Fsp3) is 0.250. The topological polar surface area (TPSA) is 46.3 Å². The number of alkyl halides is 3. The molecule has 0 bridgehead atoms. The highest BCUT2D eigenvalue weighted by atomic mass is 19.4. The number of aryl methyl sites for hydroxylation is 1. The van der Waals surface area contributed by atoms with Crippen molar-refractivity contribution in [3.8, 4) is 11.3 Å². The van der Waals surface area contributed by atoms with Crippen LogP contribution in [0.2, 0.25) is 0 Å². The van der Waals surface area contributed by atoms with Crippen molar-refractivity contribution in [3.63, 3.8) is 0 Å². The van der Waals surface area contributed by atoms with Crippen LogP contribution in [0.15, 0.2) is 28.7 Å². The molecular weight excluding hydrogens is 247 g/mol. The van der Waals surface area contributed by atoms with Crippen LogP contribution in [-0.4, -0.2) is 10.1 Å². The molecule has 1 aromatic carbocycles. The average Bonchev–Trinajstić information content (AvgIpc) is 2.71. The summed E-state index contributed by atoms with van der Waals surface area (Å²) in [6.07, 6.45) is -4.59. The van der Waals surface area contributed by atoms with E-state index in [0.29, 0.717) is 11.1 Å². The van der Waals surface area contributed by atoms with E-state index in [4.69, 9.17) is 5.11 Å². The Hall–Kier alpha value is -1.82. The van der Waals surface area contributed by atoms with E-state index in [1.165, 1.54) is 6.92 Å². The minimum Gasteiger partial charge on any atom is -0.438 e. The van der Waals surface area contributed by atoms with Gasteiger partial charge in [0.2, 0.25) is 0 Å². The van der Waals surface area contributed by atoms with Crippen molar-refractivity contribution < 1.29 is 22.7 Å². The summed E-state index contributed by atoms with van der Waals surface area (Å²) >= 11 is 0. The SMILES string of the molecule is Cc1oc(C(F)(F)F)nc1-c1ccc(CO)cc1. The van der Waals surface area contributed by atoms with Gasteiger partial charge >= 0.3 is 12.1 Å². The van der Waals surface area contributed by atoms with Crippen molar-refractivity contribution in [3.05, 3.63) is 41.5 Å². The van der Waals surface area contributed by atoms with E-state index in [-0.39, 0.29) is 18.1 Å². The molecule has 0 atom stereocenters. The number of aliphatic hydroxyl groups excluding tert-OH is 1. The largest absolute Gasteiger partial charge is 0.468 e. The van der Waals surface area contributed by atoms with Crippen LogP contribution in [0.5, 0.6) is 0 Å². The first-order valence-electron chi connectivity index (χ1n) is 5.16. The summed E-state index contributed by atoms with van der Waals surface area (Å²) in [5.41, 5.74) is 1.35. The third-order valence-corrected chi connectivity index (χ3v) is 2.45. The molecule has 18 heavy (non-hydrogen) atoms. The molecule has 0 saturated carbocycles. The number of benzene rings is 1. The monoisotopic (exact) mass is 257 g/mol. The summed E-state index contributed by atoms with van der Waals surface area (Å²) in [5, 5.41) is 8.88. The summed E-state index contributed by atoms with van der Waals surface area (Å²) in [5.74, 6) is -1.14. The number of rotatable bonds is 2. The summed E-state index contributed by atoms with van der Waals surface area (Å²) < 4.78 is 41.9. The lowest BCUT2D eigenvalue weighted by molar-refractivity contribution is -0.157. The van der Waals surface area contributed by atoms with Crippen molar-refractivity contribution in [1.29, 1.82) is 0 Å². The molecule has 0 aliphatic carbocycles. The number of oxazole rings is 1. The fourth-order valence-corrected chi connectivity index (χ4v) is 1.55.